The van der Waals surface area contributed by atoms with Gasteiger partial charge in [0, 0.05) is 19.4 Å². The minimum Gasteiger partial charge on any atom is -0.481 e. The standard InChI is InChI=1S/C56H92N16O21/c1-26(2)19-34(66-55(93)44(30(7)77)72-49(87)35(20-31-13-9-8-10-14-31)65-51(89)37(24-74)68-46(84)32(57)15-11-12-18-60-56(58)59)48(86)63-28(5)45(83)67-36(23-73)52(90)69-38(25-75)50(88)64-33(16-17-40(79)80)47(85)71-43(29(6)76)54(92)61-21-39(78)70-42(27(3)4)53(91)62-22-41(81)82/h8-10,13-14,26-30,32-38,42-44,73-77H,11-12,15-25,57H2,1-7H3,(H,61,92)(H,62,91)(H,63,86)(H,64,88)(H,65,89)(H,66,93)(H,67,83)(H,68,84)(H,69,90)(H,70,78)(H,71,85)(H,72,87)(H,79,80)(H,81,82)(H4,58,59,60)/t28-,29+,30+,32-,33-,34-,35-,36-,37-,38-,42-,43-,44-/m0/s1. The Morgan fingerprint density at radius 3 is 1.39 bits per heavy atom. The van der Waals surface area contributed by atoms with Crippen molar-refractivity contribution in [1.29, 1.82) is 0 Å². The number of carboxylic acids is 2. The fraction of sp³-hybridized carbons (Fsp3) is 0.625. The highest BCUT2D eigenvalue weighted by atomic mass is 16.4. The molecule has 1 rings (SSSR count). The van der Waals surface area contributed by atoms with E-state index in [0.29, 0.717) is 18.4 Å². The van der Waals surface area contributed by atoms with Gasteiger partial charge in [-0.25, -0.2) is 0 Å². The Morgan fingerprint density at radius 1 is 0.462 bits per heavy atom. The molecule has 0 radical (unpaired) electrons. The van der Waals surface area contributed by atoms with E-state index in [0.717, 1.165) is 20.8 Å². The molecule has 13 atom stereocenters. The molecule has 12 amide bonds. The van der Waals surface area contributed by atoms with Crippen LogP contribution in [0, 0.1) is 11.8 Å². The average Bonchev–Trinajstić information content (AvgIpc) is 1.03. The highest BCUT2D eigenvalue weighted by Crippen LogP contribution is 2.11. The number of nitrogens with one attached hydrogen (secondary N) is 12. The van der Waals surface area contributed by atoms with E-state index in [2.05, 4.69) is 63.5 Å². The molecule has 522 valence electrons. The largest absolute Gasteiger partial charge is 0.481 e. The fourth-order valence-corrected chi connectivity index (χ4v) is 8.36. The molecule has 37 nitrogen and oxygen atoms in total. The molecule has 0 heterocycles. The molecule has 0 bridgehead atoms. The number of carbonyl (C=O) groups excluding carboxylic acids is 12. The summed E-state index contributed by atoms with van der Waals surface area (Å²) in [7, 11) is 0. The normalized spacial score (nSPS) is 15.3. The number of nitrogens with zero attached hydrogens (tertiary/aromatic N) is 1. The van der Waals surface area contributed by atoms with Crippen LogP contribution in [0.1, 0.15) is 92.6 Å². The van der Waals surface area contributed by atoms with Gasteiger partial charge in [-0.15, -0.1) is 0 Å². The Hall–Kier alpha value is -9.17. The Labute approximate surface area is 535 Å². The number of hydrogen-bond donors (Lipinski definition) is 22. The van der Waals surface area contributed by atoms with E-state index < -0.39 is 213 Å². The van der Waals surface area contributed by atoms with Crippen LogP contribution in [0.25, 0.3) is 0 Å². The number of carbonyl (C=O) groups is 14. The number of aliphatic hydroxyl groups excluding tert-OH is 5. The lowest BCUT2D eigenvalue weighted by molar-refractivity contribution is -0.139. The van der Waals surface area contributed by atoms with Crippen LogP contribution in [0.5, 0.6) is 0 Å². The number of amides is 12. The zero-order valence-corrected chi connectivity index (χ0v) is 52.8. The number of hydrogen-bond acceptors (Lipinski definition) is 21. The summed E-state index contributed by atoms with van der Waals surface area (Å²) >= 11 is 0. The van der Waals surface area contributed by atoms with Crippen molar-refractivity contribution in [3.8, 4) is 0 Å². The monoisotopic (exact) mass is 1320 g/mol. The summed E-state index contributed by atoms with van der Waals surface area (Å²) < 4.78 is 0. The summed E-state index contributed by atoms with van der Waals surface area (Å²) in [6.07, 6.45) is -4.10. The van der Waals surface area contributed by atoms with Crippen LogP contribution in [0.3, 0.4) is 0 Å². The van der Waals surface area contributed by atoms with Crippen LogP contribution >= 0.6 is 0 Å². The first-order valence-corrected chi connectivity index (χ1v) is 29.6. The lowest BCUT2D eigenvalue weighted by atomic mass is 10.0. The number of carboxylic acid groups (broad SMARTS) is 2. The van der Waals surface area contributed by atoms with E-state index in [9.17, 15) is 97.8 Å². The Balaban J connectivity index is 3.21. The molecular weight excluding hydrogens is 1230 g/mol. The van der Waals surface area contributed by atoms with Crippen molar-refractivity contribution in [1.82, 2.24) is 63.8 Å². The molecular formula is C56H92N16O21. The number of aliphatic imine (C=N–C) groups is 1. The van der Waals surface area contributed by atoms with Crippen LogP contribution in [-0.4, -0.2) is 243 Å². The number of guanidine groups is 1. The van der Waals surface area contributed by atoms with Gasteiger partial charge in [0.15, 0.2) is 5.96 Å². The quantitative estimate of drug-likeness (QED) is 0.0164. The molecule has 0 unspecified atom stereocenters. The van der Waals surface area contributed by atoms with Crippen LogP contribution in [0.2, 0.25) is 0 Å². The Kier molecular flexibility index (Phi) is 37.0. The SMILES string of the molecule is CC(C)C[C@H](NC(=O)[C@@H](NC(=O)[C@H](Cc1ccccc1)NC(=O)[C@H](CO)NC(=O)[C@@H](N)CCCCN=C(N)N)[C@@H](C)O)C(=O)N[C@@H](C)C(=O)N[C@@H](CO)C(=O)N[C@@H](CO)C(=O)N[C@@H](CCC(=O)O)C(=O)N[C@H](C(=O)NCC(=O)N[C@H](C(=O)NCC(=O)O)C(C)C)[C@@H](C)O. The molecule has 0 fully saturated rings. The van der Waals surface area contributed by atoms with E-state index in [1.165, 1.54) is 13.8 Å². The van der Waals surface area contributed by atoms with Gasteiger partial charge in [-0.3, -0.25) is 72.1 Å². The first kappa shape index (κ1) is 81.8. The van der Waals surface area contributed by atoms with Gasteiger partial charge in [0.25, 0.3) is 0 Å². The van der Waals surface area contributed by atoms with Crippen LogP contribution in [0.15, 0.2) is 35.3 Å². The first-order valence-electron chi connectivity index (χ1n) is 29.6. The van der Waals surface area contributed by atoms with Crippen molar-refractivity contribution in [2.75, 3.05) is 39.5 Å². The van der Waals surface area contributed by atoms with Crippen molar-refractivity contribution in [2.45, 2.75) is 172 Å². The fourth-order valence-electron chi connectivity index (χ4n) is 8.36. The van der Waals surface area contributed by atoms with Crippen molar-refractivity contribution < 1.29 is 103 Å². The van der Waals surface area contributed by atoms with Crippen LogP contribution in [0.4, 0.5) is 0 Å². The maximum atomic E-state index is 14.0. The van der Waals surface area contributed by atoms with Crippen LogP contribution < -0.4 is 81.0 Å². The zero-order valence-electron chi connectivity index (χ0n) is 52.8. The van der Waals surface area contributed by atoms with E-state index in [1.54, 1.807) is 44.2 Å². The van der Waals surface area contributed by atoms with Crippen LogP contribution in [-0.2, 0) is 73.5 Å². The van der Waals surface area contributed by atoms with Gasteiger partial charge >= 0.3 is 11.9 Å². The van der Waals surface area contributed by atoms with Gasteiger partial charge in [-0.05, 0) is 70.3 Å². The number of nitrogens with two attached hydrogens (primary N) is 3. The minimum atomic E-state index is -1.99. The maximum absolute atomic E-state index is 14.0. The summed E-state index contributed by atoms with van der Waals surface area (Å²) in [5.74, 6) is -16.9. The summed E-state index contributed by atoms with van der Waals surface area (Å²) in [5.41, 5.74) is 17.2. The van der Waals surface area contributed by atoms with Crippen molar-refractivity contribution in [3.05, 3.63) is 35.9 Å². The third-order valence-electron chi connectivity index (χ3n) is 13.5. The topological polar surface area (TPSA) is 615 Å². The number of benzene rings is 1. The third kappa shape index (κ3) is 31.1. The number of unbranched alkanes of at least 4 members (excludes halogenated alkanes) is 1. The molecule has 0 aromatic heterocycles. The van der Waals surface area contributed by atoms with E-state index >= 15 is 0 Å². The van der Waals surface area contributed by atoms with Gasteiger partial charge in [0.1, 0.15) is 67.0 Å². The predicted molar refractivity (Wildman–Crippen MR) is 327 cm³/mol. The van der Waals surface area contributed by atoms with E-state index in [4.69, 9.17) is 22.3 Å². The molecule has 37 heteroatoms. The molecule has 0 aliphatic heterocycles. The predicted octanol–water partition coefficient (Wildman–Crippen LogP) is -9.51. The molecule has 0 saturated heterocycles. The van der Waals surface area contributed by atoms with Gasteiger partial charge in [-0.2, -0.15) is 0 Å². The second-order valence-electron chi connectivity index (χ2n) is 22.4. The third-order valence-corrected chi connectivity index (χ3v) is 13.5. The van der Waals surface area contributed by atoms with E-state index in [1.807, 2.05) is 5.32 Å². The summed E-state index contributed by atoms with van der Waals surface area (Å²) in [6.45, 7) is 5.12. The van der Waals surface area contributed by atoms with Crippen molar-refractivity contribution >= 4 is 88.8 Å². The molecule has 1 aromatic carbocycles. The number of aliphatic hydroxyl groups is 5. The summed E-state index contributed by atoms with van der Waals surface area (Å²) in [6, 6.07) is -9.79. The molecule has 1 aromatic rings. The summed E-state index contributed by atoms with van der Waals surface area (Å²) in [5, 5.41) is 96.9. The molecule has 0 aliphatic carbocycles. The van der Waals surface area contributed by atoms with Gasteiger partial charge in [0.05, 0.1) is 44.6 Å². The number of rotatable bonds is 43. The van der Waals surface area contributed by atoms with E-state index in [-0.39, 0.29) is 37.7 Å². The lowest BCUT2D eigenvalue weighted by Gasteiger charge is -2.28. The van der Waals surface area contributed by atoms with Gasteiger partial charge < -0.3 is 117 Å². The maximum Gasteiger partial charge on any atom is 0.322 e. The van der Waals surface area contributed by atoms with Crippen molar-refractivity contribution in [2.24, 2.45) is 34.0 Å². The smallest absolute Gasteiger partial charge is 0.322 e. The van der Waals surface area contributed by atoms with Crippen molar-refractivity contribution in [3.63, 3.8) is 0 Å². The molecule has 0 spiro atoms. The minimum absolute atomic E-state index is 0.110. The zero-order chi connectivity index (χ0) is 70.8. The van der Waals surface area contributed by atoms with Gasteiger partial charge in [0.2, 0.25) is 70.9 Å². The first-order chi connectivity index (χ1) is 43.6. The highest BCUT2D eigenvalue weighted by Gasteiger charge is 2.37. The molecule has 25 N–H and O–H groups in total. The second kappa shape index (κ2) is 42.1. The average molecular weight is 1330 g/mol. The Bertz CT molecular complexity index is 2730. The second-order valence-corrected chi connectivity index (χ2v) is 22.4. The molecule has 93 heavy (non-hydrogen) atoms. The van der Waals surface area contributed by atoms with Gasteiger partial charge in [-0.1, -0.05) is 58.0 Å². The summed E-state index contributed by atoms with van der Waals surface area (Å²) in [4.78, 5) is 187. The molecule has 0 aliphatic rings. The Morgan fingerprint density at radius 2 is 0.903 bits per heavy atom. The molecule has 0 saturated carbocycles. The lowest BCUT2D eigenvalue weighted by Crippen LogP contribution is -2.62. The number of aliphatic carboxylic acids is 2. The highest BCUT2D eigenvalue weighted by molar-refractivity contribution is 5.99.